The Kier molecular flexibility index (Phi) is 7.25. The molecule has 1 aromatic rings. The Morgan fingerprint density at radius 1 is 1.23 bits per heavy atom. The number of nitrogens with two attached hydrogens (primary N) is 1. The SMILES string of the molecule is Cl.NC1(C(=O)Nc2cccc(OCC(=O)N3CCCC3)c2)CCOCC1. The summed E-state index contributed by atoms with van der Waals surface area (Å²) in [5, 5.41) is 2.84. The second-order valence-electron chi connectivity index (χ2n) is 6.63. The first-order valence-electron chi connectivity index (χ1n) is 8.76. The third-order valence-corrected chi connectivity index (χ3v) is 4.75. The van der Waals surface area contributed by atoms with Gasteiger partial charge in [-0.2, -0.15) is 0 Å². The number of hydrogen-bond acceptors (Lipinski definition) is 5. The van der Waals surface area contributed by atoms with E-state index in [0.29, 0.717) is 37.5 Å². The van der Waals surface area contributed by atoms with E-state index in [1.165, 1.54) is 0 Å². The zero-order valence-electron chi connectivity index (χ0n) is 14.7. The van der Waals surface area contributed by atoms with Gasteiger partial charge in [0.25, 0.3) is 5.91 Å². The van der Waals surface area contributed by atoms with E-state index in [1.807, 2.05) is 4.90 Å². The van der Waals surface area contributed by atoms with Gasteiger partial charge in [-0.1, -0.05) is 6.07 Å². The normalized spacial score (nSPS) is 18.7. The molecule has 0 spiro atoms. The van der Waals surface area contributed by atoms with Gasteiger partial charge in [0.15, 0.2) is 6.61 Å². The van der Waals surface area contributed by atoms with Gasteiger partial charge in [-0.15, -0.1) is 12.4 Å². The Labute approximate surface area is 159 Å². The highest BCUT2D eigenvalue weighted by Gasteiger charge is 2.35. The lowest BCUT2D eigenvalue weighted by atomic mass is 9.90. The summed E-state index contributed by atoms with van der Waals surface area (Å²) in [6, 6.07) is 7.02. The lowest BCUT2D eigenvalue weighted by Crippen LogP contribution is -2.54. The minimum atomic E-state index is -0.902. The van der Waals surface area contributed by atoms with Crippen molar-refractivity contribution in [3.8, 4) is 5.75 Å². The maximum Gasteiger partial charge on any atom is 0.260 e. The number of ether oxygens (including phenoxy) is 2. The molecular formula is C18H26ClN3O4. The summed E-state index contributed by atoms with van der Waals surface area (Å²) >= 11 is 0. The molecule has 0 saturated carbocycles. The van der Waals surface area contributed by atoms with Crippen LogP contribution in [0.1, 0.15) is 25.7 Å². The molecule has 144 valence electrons. The first-order valence-corrected chi connectivity index (χ1v) is 8.76. The fourth-order valence-electron chi connectivity index (χ4n) is 3.08. The minimum Gasteiger partial charge on any atom is -0.484 e. The summed E-state index contributed by atoms with van der Waals surface area (Å²) in [7, 11) is 0. The number of carbonyl (C=O) groups excluding carboxylic acids is 2. The molecule has 0 atom stereocenters. The molecule has 2 aliphatic heterocycles. The molecule has 2 heterocycles. The number of nitrogens with zero attached hydrogens (tertiary/aromatic N) is 1. The minimum absolute atomic E-state index is 0. The van der Waals surface area contributed by atoms with Crippen LogP contribution in [-0.4, -0.2) is 55.2 Å². The Balaban J connectivity index is 0.00000243. The van der Waals surface area contributed by atoms with Gasteiger partial charge in [0.05, 0.1) is 0 Å². The van der Waals surface area contributed by atoms with E-state index >= 15 is 0 Å². The number of benzene rings is 1. The molecular weight excluding hydrogens is 358 g/mol. The van der Waals surface area contributed by atoms with Crippen LogP contribution in [0.5, 0.6) is 5.75 Å². The smallest absolute Gasteiger partial charge is 0.260 e. The summed E-state index contributed by atoms with van der Waals surface area (Å²) < 4.78 is 10.8. The molecule has 2 fully saturated rings. The van der Waals surface area contributed by atoms with Crippen LogP contribution in [0.3, 0.4) is 0 Å². The van der Waals surface area contributed by atoms with E-state index in [-0.39, 0.29) is 30.8 Å². The lowest BCUT2D eigenvalue weighted by molar-refractivity contribution is -0.132. The number of nitrogens with one attached hydrogen (secondary N) is 1. The zero-order valence-corrected chi connectivity index (χ0v) is 15.6. The molecule has 2 aliphatic rings. The quantitative estimate of drug-likeness (QED) is 0.804. The largest absolute Gasteiger partial charge is 0.484 e. The van der Waals surface area contributed by atoms with Crippen LogP contribution < -0.4 is 15.8 Å². The van der Waals surface area contributed by atoms with Gasteiger partial charge >= 0.3 is 0 Å². The predicted octanol–water partition coefficient (Wildman–Crippen LogP) is 1.56. The Hall–Kier alpha value is -1.83. The highest BCUT2D eigenvalue weighted by Crippen LogP contribution is 2.22. The Morgan fingerprint density at radius 2 is 1.92 bits per heavy atom. The molecule has 3 N–H and O–H groups in total. The summed E-state index contributed by atoms with van der Waals surface area (Å²) in [6.07, 6.45) is 3.11. The first kappa shape index (κ1) is 20.5. The van der Waals surface area contributed by atoms with E-state index in [0.717, 1.165) is 25.9 Å². The fourth-order valence-corrected chi connectivity index (χ4v) is 3.08. The third kappa shape index (κ3) is 5.09. The number of amides is 2. The predicted molar refractivity (Wildman–Crippen MR) is 101 cm³/mol. The summed E-state index contributed by atoms with van der Waals surface area (Å²) in [4.78, 5) is 26.3. The van der Waals surface area contributed by atoms with E-state index < -0.39 is 5.54 Å². The first-order chi connectivity index (χ1) is 12.1. The van der Waals surface area contributed by atoms with E-state index in [9.17, 15) is 9.59 Å². The number of carbonyl (C=O) groups is 2. The Bertz CT molecular complexity index is 629. The second-order valence-corrected chi connectivity index (χ2v) is 6.63. The van der Waals surface area contributed by atoms with Crippen molar-refractivity contribution in [3.05, 3.63) is 24.3 Å². The number of rotatable bonds is 5. The molecule has 0 aromatic heterocycles. The topological polar surface area (TPSA) is 93.9 Å². The van der Waals surface area contributed by atoms with Crippen LogP contribution in [0.25, 0.3) is 0 Å². The third-order valence-electron chi connectivity index (χ3n) is 4.75. The molecule has 26 heavy (non-hydrogen) atoms. The van der Waals surface area contributed by atoms with Gasteiger partial charge in [0, 0.05) is 38.1 Å². The summed E-state index contributed by atoms with van der Waals surface area (Å²) in [6.45, 7) is 2.61. The van der Waals surface area contributed by atoms with Crippen LogP contribution in [0.4, 0.5) is 5.69 Å². The molecule has 2 saturated heterocycles. The van der Waals surface area contributed by atoms with Crippen LogP contribution in [0.15, 0.2) is 24.3 Å². The van der Waals surface area contributed by atoms with Gasteiger partial charge in [-0.05, 0) is 37.8 Å². The monoisotopic (exact) mass is 383 g/mol. The van der Waals surface area contributed by atoms with Crippen molar-refractivity contribution in [3.63, 3.8) is 0 Å². The number of hydrogen-bond donors (Lipinski definition) is 2. The molecule has 1 aromatic carbocycles. The number of halogens is 1. The standard InChI is InChI=1S/C18H25N3O4.ClH/c19-18(6-10-24-11-7-18)17(23)20-14-4-3-5-15(12-14)25-13-16(22)21-8-1-2-9-21;/h3-5,12H,1-2,6-11,13,19H2,(H,20,23);1H. The van der Waals surface area contributed by atoms with E-state index in [2.05, 4.69) is 5.32 Å². The van der Waals surface area contributed by atoms with Crippen molar-refractivity contribution >= 4 is 29.9 Å². The van der Waals surface area contributed by atoms with Crippen molar-refractivity contribution in [2.75, 3.05) is 38.2 Å². The average Bonchev–Trinajstić information content (AvgIpc) is 3.15. The maximum absolute atomic E-state index is 12.4. The summed E-state index contributed by atoms with van der Waals surface area (Å²) in [5.74, 6) is 0.319. The van der Waals surface area contributed by atoms with Crippen LogP contribution in [0, 0.1) is 0 Å². The van der Waals surface area contributed by atoms with Gasteiger partial charge in [-0.25, -0.2) is 0 Å². The molecule has 0 bridgehead atoms. The van der Waals surface area contributed by atoms with Gasteiger partial charge in [0.1, 0.15) is 11.3 Å². The van der Waals surface area contributed by atoms with E-state index in [4.69, 9.17) is 15.2 Å². The summed E-state index contributed by atoms with van der Waals surface area (Å²) in [5.41, 5.74) is 5.89. The van der Waals surface area contributed by atoms with Crippen LogP contribution in [0.2, 0.25) is 0 Å². The van der Waals surface area contributed by atoms with Crippen molar-refractivity contribution < 1.29 is 19.1 Å². The van der Waals surface area contributed by atoms with Crippen LogP contribution >= 0.6 is 12.4 Å². The average molecular weight is 384 g/mol. The van der Waals surface area contributed by atoms with Crippen molar-refractivity contribution in [1.82, 2.24) is 4.90 Å². The lowest BCUT2D eigenvalue weighted by Gasteiger charge is -2.31. The molecule has 7 nitrogen and oxygen atoms in total. The fraction of sp³-hybridized carbons (Fsp3) is 0.556. The molecule has 3 rings (SSSR count). The van der Waals surface area contributed by atoms with Gasteiger partial charge in [0.2, 0.25) is 5.91 Å². The number of anilines is 1. The highest BCUT2D eigenvalue weighted by molar-refractivity contribution is 5.98. The highest BCUT2D eigenvalue weighted by atomic mass is 35.5. The molecule has 2 amide bonds. The van der Waals surface area contributed by atoms with Gasteiger partial charge in [-0.3, -0.25) is 9.59 Å². The van der Waals surface area contributed by atoms with Crippen LogP contribution in [-0.2, 0) is 14.3 Å². The molecule has 8 heteroatoms. The van der Waals surface area contributed by atoms with E-state index in [1.54, 1.807) is 24.3 Å². The second kappa shape index (κ2) is 9.21. The number of likely N-dealkylation sites (tertiary alicyclic amines) is 1. The van der Waals surface area contributed by atoms with Crippen molar-refractivity contribution in [1.29, 1.82) is 0 Å². The van der Waals surface area contributed by atoms with Crippen molar-refractivity contribution in [2.45, 2.75) is 31.2 Å². The zero-order chi connectivity index (χ0) is 17.7. The van der Waals surface area contributed by atoms with Crippen molar-refractivity contribution in [2.24, 2.45) is 5.73 Å². The van der Waals surface area contributed by atoms with Gasteiger partial charge < -0.3 is 25.4 Å². The molecule has 0 aliphatic carbocycles. The Morgan fingerprint density at radius 3 is 2.62 bits per heavy atom. The molecule has 0 unspecified atom stereocenters. The maximum atomic E-state index is 12.4. The molecule has 0 radical (unpaired) electrons.